The molecule has 0 bridgehead atoms. The lowest BCUT2D eigenvalue weighted by atomic mass is 10.1. The summed E-state index contributed by atoms with van der Waals surface area (Å²) in [6.45, 7) is 19.5. The van der Waals surface area contributed by atoms with Crippen molar-refractivity contribution in [2.24, 2.45) is 5.92 Å². The predicted octanol–water partition coefficient (Wildman–Crippen LogP) is 7.08. The molecule has 0 N–H and O–H groups in total. The summed E-state index contributed by atoms with van der Waals surface area (Å²) in [5, 5.41) is 0. The second kappa shape index (κ2) is 36.3. The molecule has 0 unspecified atom stereocenters. The van der Waals surface area contributed by atoms with Gasteiger partial charge in [-0.1, -0.05) is 101 Å². The van der Waals surface area contributed by atoms with Crippen LogP contribution in [0.4, 0.5) is 0 Å². The average Bonchev–Trinajstić information content (AvgIpc) is 2.40. The van der Waals surface area contributed by atoms with Gasteiger partial charge < -0.3 is 0 Å². The van der Waals surface area contributed by atoms with E-state index in [2.05, 4.69) is 48.5 Å². The van der Waals surface area contributed by atoms with E-state index in [9.17, 15) is 0 Å². The molecular weight excluding hydrogens is 192 g/mol. The highest BCUT2D eigenvalue weighted by molar-refractivity contribution is 4.41. The van der Waals surface area contributed by atoms with Crippen LogP contribution in [0.2, 0.25) is 0 Å². The van der Waals surface area contributed by atoms with Gasteiger partial charge >= 0.3 is 0 Å². The summed E-state index contributed by atoms with van der Waals surface area (Å²) in [4.78, 5) is 0. The molecule has 0 aromatic carbocycles. The molecule has 104 valence electrons. The normalized spacial score (nSPS) is 7.88. The molecule has 0 nitrogen and oxygen atoms in total. The molecule has 0 aromatic heterocycles. The van der Waals surface area contributed by atoms with Crippen LogP contribution in [0.15, 0.2) is 0 Å². The van der Waals surface area contributed by atoms with Crippen LogP contribution in [-0.4, -0.2) is 0 Å². The van der Waals surface area contributed by atoms with Crippen molar-refractivity contribution in [1.29, 1.82) is 0 Å². The third kappa shape index (κ3) is 65.7. The van der Waals surface area contributed by atoms with Crippen molar-refractivity contribution >= 4 is 0 Å². The van der Waals surface area contributed by atoms with Gasteiger partial charge in [0.25, 0.3) is 0 Å². The zero-order chi connectivity index (χ0) is 13.8. The Labute approximate surface area is 107 Å². The van der Waals surface area contributed by atoms with Gasteiger partial charge in [-0.3, -0.25) is 0 Å². The van der Waals surface area contributed by atoms with E-state index in [0.29, 0.717) is 0 Å². The van der Waals surface area contributed by atoms with Gasteiger partial charge in [0, 0.05) is 0 Å². The van der Waals surface area contributed by atoms with E-state index in [-0.39, 0.29) is 0 Å². The molecule has 0 fully saturated rings. The summed E-state index contributed by atoms with van der Waals surface area (Å²) in [6.07, 6.45) is 7.94. The minimum absolute atomic E-state index is 0.935. The third-order valence-electron chi connectivity index (χ3n) is 2.39. The van der Waals surface area contributed by atoms with Crippen molar-refractivity contribution in [2.45, 2.75) is 101 Å². The molecule has 0 heteroatoms. The molecule has 0 rings (SSSR count). The molecule has 0 radical (unpaired) electrons. The molecule has 0 spiro atoms. The predicted molar refractivity (Wildman–Crippen MR) is 82.3 cm³/mol. The first kappa shape index (κ1) is 25.0. The van der Waals surface area contributed by atoms with Crippen molar-refractivity contribution in [3.63, 3.8) is 0 Å². The van der Waals surface area contributed by atoms with E-state index in [1.54, 1.807) is 0 Å². The number of unbranched alkanes of at least 4 members (excludes halogenated alkanes) is 2. The van der Waals surface area contributed by atoms with Crippen molar-refractivity contribution in [3.8, 4) is 0 Å². The Morgan fingerprint density at radius 1 is 0.562 bits per heavy atom. The molecule has 0 aliphatic rings. The minimum atomic E-state index is 0.935. The van der Waals surface area contributed by atoms with Crippen LogP contribution in [0.5, 0.6) is 0 Å². The number of hydrogen-bond acceptors (Lipinski definition) is 0. The molecule has 0 saturated heterocycles. The summed E-state index contributed by atoms with van der Waals surface area (Å²) < 4.78 is 0. The van der Waals surface area contributed by atoms with Crippen LogP contribution in [0.1, 0.15) is 101 Å². The Bertz CT molecular complexity index is 45.1. The van der Waals surface area contributed by atoms with Crippen molar-refractivity contribution in [1.82, 2.24) is 0 Å². The Balaban J connectivity index is -0.0000000643. The highest BCUT2D eigenvalue weighted by Gasteiger charge is 1.88. The van der Waals surface area contributed by atoms with Crippen LogP contribution >= 0.6 is 0 Å². The van der Waals surface area contributed by atoms with Crippen molar-refractivity contribution in [2.75, 3.05) is 0 Å². The minimum Gasteiger partial charge on any atom is -0.0683 e. The lowest BCUT2D eigenvalue weighted by Gasteiger charge is -1.98. The molecule has 0 aliphatic heterocycles. The van der Waals surface area contributed by atoms with Gasteiger partial charge in [0.1, 0.15) is 0 Å². The Morgan fingerprint density at radius 3 is 0.750 bits per heavy atom. The first-order valence-electron chi connectivity index (χ1n) is 7.64. The molecule has 0 amide bonds. The lowest BCUT2D eigenvalue weighted by Crippen LogP contribution is -1.85. The average molecular weight is 232 g/mol. The second-order valence-electron chi connectivity index (χ2n) is 3.92. The van der Waals surface area contributed by atoms with Crippen LogP contribution in [0, 0.1) is 5.92 Å². The zero-order valence-corrected chi connectivity index (χ0v) is 13.8. The van der Waals surface area contributed by atoms with Gasteiger partial charge in [-0.2, -0.15) is 0 Å². The van der Waals surface area contributed by atoms with Crippen LogP contribution < -0.4 is 0 Å². The molecule has 16 heavy (non-hydrogen) atoms. The van der Waals surface area contributed by atoms with Gasteiger partial charge in [-0.05, 0) is 5.92 Å². The first-order valence-corrected chi connectivity index (χ1v) is 7.64. The van der Waals surface area contributed by atoms with Crippen LogP contribution in [-0.2, 0) is 0 Å². The van der Waals surface area contributed by atoms with E-state index < -0.39 is 0 Å². The maximum absolute atomic E-state index is 2.28. The smallest absolute Gasteiger partial charge is 0.0448 e. The molecular formula is C16H40. The quantitative estimate of drug-likeness (QED) is 0.485. The maximum atomic E-state index is 2.28. The fourth-order valence-corrected chi connectivity index (χ4v) is 0.289. The Morgan fingerprint density at radius 2 is 0.750 bits per heavy atom. The Hall–Kier alpha value is 0. The van der Waals surface area contributed by atoms with E-state index in [1.165, 1.54) is 38.5 Å². The van der Waals surface area contributed by atoms with Gasteiger partial charge in [0.2, 0.25) is 0 Å². The fourth-order valence-electron chi connectivity index (χ4n) is 0.289. The van der Waals surface area contributed by atoms with Gasteiger partial charge in [0.15, 0.2) is 0 Å². The SMILES string of the molecule is CC.CCC(C)CC.CCCC.CCCC. The maximum Gasteiger partial charge on any atom is -0.0448 e. The highest BCUT2D eigenvalue weighted by atomic mass is 13.9. The summed E-state index contributed by atoms with van der Waals surface area (Å²) in [5.41, 5.74) is 0. The zero-order valence-electron chi connectivity index (χ0n) is 13.8. The highest BCUT2D eigenvalue weighted by Crippen LogP contribution is 2.02. The van der Waals surface area contributed by atoms with E-state index >= 15 is 0 Å². The molecule has 0 heterocycles. The lowest BCUT2D eigenvalue weighted by molar-refractivity contribution is 0.544. The monoisotopic (exact) mass is 232 g/mol. The summed E-state index contributed by atoms with van der Waals surface area (Å²) in [6, 6.07) is 0. The second-order valence-corrected chi connectivity index (χ2v) is 3.92. The molecule has 0 atom stereocenters. The largest absolute Gasteiger partial charge is 0.0683 e. The summed E-state index contributed by atoms with van der Waals surface area (Å²) in [5.74, 6) is 0.935. The van der Waals surface area contributed by atoms with E-state index in [0.717, 1.165) is 5.92 Å². The topological polar surface area (TPSA) is 0 Å². The van der Waals surface area contributed by atoms with E-state index in [4.69, 9.17) is 0 Å². The van der Waals surface area contributed by atoms with Crippen molar-refractivity contribution in [3.05, 3.63) is 0 Å². The van der Waals surface area contributed by atoms with Gasteiger partial charge in [-0.15, -0.1) is 0 Å². The standard InChI is InChI=1S/C6H14.2C4H10.C2H6/c1-4-6(3)5-2;2*1-3-4-2;1-2/h6H,4-5H2,1-3H3;2*3-4H2,1-2H3;1-2H3. The third-order valence-corrected chi connectivity index (χ3v) is 2.39. The summed E-state index contributed by atoms with van der Waals surface area (Å²) >= 11 is 0. The first-order chi connectivity index (χ1) is 7.64. The van der Waals surface area contributed by atoms with Gasteiger partial charge in [-0.25, -0.2) is 0 Å². The van der Waals surface area contributed by atoms with Gasteiger partial charge in [0.05, 0.1) is 0 Å². The van der Waals surface area contributed by atoms with Crippen LogP contribution in [0.3, 0.4) is 0 Å². The summed E-state index contributed by atoms with van der Waals surface area (Å²) in [7, 11) is 0. The molecule has 0 saturated carbocycles. The van der Waals surface area contributed by atoms with E-state index in [1.807, 2.05) is 13.8 Å². The fraction of sp³-hybridized carbons (Fsp3) is 1.00. The van der Waals surface area contributed by atoms with Crippen LogP contribution in [0.25, 0.3) is 0 Å². The molecule has 0 aliphatic carbocycles. The van der Waals surface area contributed by atoms with Crippen molar-refractivity contribution < 1.29 is 0 Å². The number of hydrogen-bond donors (Lipinski definition) is 0. The Kier molecular flexibility index (Phi) is 56.7. The molecule has 0 aromatic rings. The number of rotatable bonds is 4.